The highest BCUT2D eigenvalue weighted by atomic mass is 16.7. The fourth-order valence-electron chi connectivity index (χ4n) is 8.20. The minimum atomic E-state index is -0.228. The summed E-state index contributed by atoms with van der Waals surface area (Å²) in [5, 5.41) is 10.4. The van der Waals surface area contributed by atoms with Crippen molar-refractivity contribution in [3.8, 4) is 0 Å². The van der Waals surface area contributed by atoms with E-state index in [1.165, 1.54) is 18.1 Å². The lowest BCUT2D eigenvalue weighted by Gasteiger charge is -2.36. The van der Waals surface area contributed by atoms with Crippen LogP contribution in [0.3, 0.4) is 0 Å². The molecule has 4 aliphatic rings. The summed E-state index contributed by atoms with van der Waals surface area (Å²) in [4.78, 5) is 11.1. The van der Waals surface area contributed by atoms with Crippen molar-refractivity contribution >= 4 is 5.97 Å². The van der Waals surface area contributed by atoms with Crippen LogP contribution in [0.15, 0.2) is 35.5 Å². The van der Waals surface area contributed by atoms with Gasteiger partial charge in [0.05, 0.1) is 18.8 Å². The van der Waals surface area contributed by atoms with Gasteiger partial charge < -0.3 is 28.8 Å². The summed E-state index contributed by atoms with van der Waals surface area (Å²) in [6.45, 7) is 10.1. The fraction of sp³-hybridized carbons (Fsp3) is 0.816. The molecule has 2 aliphatic carbocycles. The van der Waals surface area contributed by atoms with E-state index < -0.39 is 0 Å². The summed E-state index contributed by atoms with van der Waals surface area (Å²) in [7, 11) is 0. The van der Waals surface area contributed by atoms with Gasteiger partial charge in [-0.1, -0.05) is 35.5 Å². The molecule has 1 N–H and O–H groups in total. The highest BCUT2D eigenvalue weighted by Crippen LogP contribution is 2.54. The fourth-order valence-corrected chi connectivity index (χ4v) is 8.20. The van der Waals surface area contributed by atoms with Crippen LogP contribution < -0.4 is 0 Å². The molecule has 0 aromatic rings. The summed E-state index contributed by atoms with van der Waals surface area (Å²) in [5.41, 5.74) is 2.78. The zero-order valence-electron chi connectivity index (χ0n) is 28.6. The number of fused-ring (bicyclic) bond motifs is 1. The van der Waals surface area contributed by atoms with Crippen LogP contribution in [0.5, 0.6) is 0 Å². The van der Waals surface area contributed by atoms with Crippen molar-refractivity contribution in [1.82, 2.24) is 0 Å². The molecule has 0 bridgehead atoms. The number of esters is 1. The first kappa shape index (κ1) is 36.3. The molecule has 256 valence electrons. The van der Waals surface area contributed by atoms with Gasteiger partial charge in [-0.3, -0.25) is 4.79 Å². The Bertz CT molecular complexity index is 957. The molecule has 9 unspecified atom stereocenters. The predicted octanol–water partition coefficient (Wildman–Crippen LogP) is 8.06. The number of rotatable bonds is 18. The molecule has 2 heterocycles. The molecule has 7 nitrogen and oxygen atoms in total. The molecule has 3 fully saturated rings. The first-order valence-corrected chi connectivity index (χ1v) is 18.1. The van der Waals surface area contributed by atoms with Gasteiger partial charge in [0.1, 0.15) is 0 Å². The van der Waals surface area contributed by atoms with Gasteiger partial charge >= 0.3 is 5.97 Å². The lowest BCUT2D eigenvalue weighted by Crippen LogP contribution is -2.37. The summed E-state index contributed by atoms with van der Waals surface area (Å²) < 4.78 is 30.8. The van der Waals surface area contributed by atoms with Crippen molar-refractivity contribution in [2.45, 2.75) is 142 Å². The van der Waals surface area contributed by atoms with Gasteiger partial charge in [-0.25, -0.2) is 0 Å². The second kappa shape index (κ2) is 19.3. The van der Waals surface area contributed by atoms with Crippen molar-refractivity contribution in [3.05, 3.63) is 35.5 Å². The number of aliphatic hydroxyl groups excluding tert-OH is 1. The number of hydrogen-bond donors (Lipinski definition) is 1. The van der Waals surface area contributed by atoms with Crippen LogP contribution in [-0.2, 0) is 28.5 Å². The lowest BCUT2D eigenvalue weighted by atomic mass is 9.76. The molecule has 2 saturated heterocycles. The second-order valence-corrected chi connectivity index (χ2v) is 14.1. The Kier molecular flexibility index (Phi) is 15.6. The number of aliphatic hydroxyl groups is 1. The van der Waals surface area contributed by atoms with Crippen LogP contribution in [0.1, 0.15) is 118 Å². The van der Waals surface area contributed by atoms with E-state index in [0.717, 1.165) is 103 Å². The molecule has 0 spiro atoms. The summed E-state index contributed by atoms with van der Waals surface area (Å²) in [6, 6.07) is 0. The Labute approximate surface area is 273 Å². The summed E-state index contributed by atoms with van der Waals surface area (Å²) in [5.74, 6) is 1.69. The molecular formula is C38H62O7. The largest absolute Gasteiger partial charge is 0.466 e. The maximum atomic E-state index is 11.1. The maximum Gasteiger partial charge on any atom is 0.302 e. The van der Waals surface area contributed by atoms with Gasteiger partial charge in [-0.15, -0.1) is 0 Å². The monoisotopic (exact) mass is 630 g/mol. The lowest BCUT2D eigenvalue weighted by molar-refractivity contribution is -0.202. The smallest absolute Gasteiger partial charge is 0.302 e. The van der Waals surface area contributed by atoms with Crippen LogP contribution in [0, 0.1) is 29.6 Å². The molecule has 2 aliphatic heterocycles. The molecule has 0 amide bonds. The molecule has 45 heavy (non-hydrogen) atoms. The molecular weight excluding hydrogens is 568 g/mol. The number of hydrogen-bond acceptors (Lipinski definition) is 7. The third-order valence-corrected chi connectivity index (χ3v) is 10.4. The van der Waals surface area contributed by atoms with E-state index in [1.807, 2.05) is 0 Å². The Balaban J connectivity index is 1.55. The van der Waals surface area contributed by atoms with E-state index in [2.05, 4.69) is 45.1 Å². The minimum Gasteiger partial charge on any atom is -0.466 e. The molecule has 0 aromatic heterocycles. The molecule has 0 radical (unpaired) electrons. The van der Waals surface area contributed by atoms with Crippen molar-refractivity contribution in [1.29, 1.82) is 0 Å². The topological polar surface area (TPSA) is 83.5 Å². The van der Waals surface area contributed by atoms with Crippen molar-refractivity contribution in [3.63, 3.8) is 0 Å². The summed E-state index contributed by atoms with van der Waals surface area (Å²) in [6.07, 6.45) is 23.6. The predicted molar refractivity (Wildman–Crippen MR) is 177 cm³/mol. The van der Waals surface area contributed by atoms with Crippen LogP contribution >= 0.6 is 0 Å². The van der Waals surface area contributed by atoms with Crippen molar-refractivity contribution in [2.75, 3.05) is 26.4 Å². The van der Waals surface area contributed by atoms with Crippen LogP contribution in [0.2, 0.25) is 0 Å². The van der Waals surface area contributed by atoms with E-state index in [-0.39, 0.29) is 43.3 Å². The first-order valence-electron chi connectivity index (χ1n) is 18.1. The highest BCUT2D eigenvalue weighted by molar-refractivity contribution is 5.65. The van der Waals surface area contributed by atoms with E-state index in [1.54, 1.807) is 0 Å². The molecule has 1 saturated carbocycles. The third-order valence-electron chi connectivity index (χ3n) is 10.4. The maximum absolute atomic E-state index is 11.1. The average molecular weight is 631 g/mol. The Morgan fingerprint density at radius 2 is 1.80 bits per heavy atom. The van der Waals surface area contributed by atoms with Gasteiger partial charge in [-0.05, 0) is 134 Å². The zero-order chi connectivity index (χ0) is 32.0. The minimum absolute atomic E-state index is 0.00713. The van der Waals surface area contributed by atoms with Crippen molar-refractivity contribution in [2.24, 2.45) is 29.6 Å². The highest BCUT2D eigenvalue weighted by Gasteiger charge is 2.50. The van der Waals surface area contributed by atoms with Crippen LogP contribution in [-0.4, -0.2) is 62.3 Å². The van der Waals surface area contributed by atoms with E-state index >= 15 is 0 Å². The quantitative estimate of drug-likeness (QED) is 0.0932. The SMILES string of the molecule is CC=CC(CC(CCC=C(C)C)C1C(OC2CCCCO2)CC2CC(C(CO)CCCCOC(C)=O)=CC21)OC1CCCCO1. The second-order valence-electron chi connectivity index (χ2n) is 14.1. The Morgan fingerprint density at radius 1 is 1.04 bits per heavy atom. The number of unbranched alkanes of at least 4 members (excludes halogenated alkanes) is 1. The number of allylic oxidation sites excluding steroid dienone is 4. The number of carbonyl (C=O) groups excluding carboxylic acids is 1. The van der Waals surface area contributed by atoms with Crippen LogP contribution in [0.4, 0.5) is 0 Å². The standard InChI is InChI=1S/C38H62O7/c1-5-13-33(44-36-17-7-10-20-42-36)23-29(16-12-14-27(2)3)38-34-24-31(30(26-39)15-6-9-19-41-28(4)40)22-32(34)25-35(38)45-37-18-8-11-21-43-37/h5,13-14,24,29-30,32-39H,6-12,15-23,25-26H2,1-4H3. The zero-order valence-corrected chi connectivity index (χ0v) is 28.6. The summed E-state index contributed by atoms with van der Waals surface area (Å²) >= 11 is 0. The van der Waals surface area contributed by atoms with Gasteiger partial charge in [0.25, 0.3) is 0 Å². The average Bonchev–Trinajstić information content (AvgIpc) is 3.57. The van der Waals surface area contributed by atoms with Crippen molar-refractivity contribution < 1.29 is 33.6 Å². The molecule has 7 heteroatoms. The molecule has 4 rings (SSSR count). The van der Waals surface area contributed by atoms with Gasteiger partial charge in [0, 0.05) is 32.7 Å². The van der Waals surface area contributed by atoms with Gasteiger partial charge in [0.15, 0.2) is 12.6 Å². The normalized spacial score (nSPS) is 30.5. The first-order chi connectivity index (χ1) is 21.9. The van der Waals surface area contributed by atoms with Crippen LogP contribution in [0.25, 0.3) is 0 Å². The van der Waals surface area contributed by atoms with Gasteiger partial charge in [-0.2, -0.15) is 0 Å². The van der Waals surface area contributed by atoms with E-state index in [0.29, 0.717) is 30.3 Å². The number of carbonyl (C=O) groups is 1. The Hall–Kier alpha value is -1.51. The third kappa shape index (κ3) is 11.6. The van der Waals surface area contributed by atoms with E-state index in [4.69, 9.17) is 23.7 Å². The molecule has 9 atom stereocenters. The molecule has 0 aromatic carbocycles. The number of ether oxygens (including phenoxy) is 5. The Morgan fingerprint density at radius 3 is 2.44 bits per heavy atom. The van der Waals surface area contributed by atoms with Gasteiger partial charge in [0.2, 0.25) is 0 Å². The van der Waals surface area contributed by atoms with E-state index in [9.17, 15) is 9.90 Å².